The smallest absolute Gasteiger partial charge is 0.162 e. The fourth-order valence-electron chi connectivity index (χ4n) is 2.13. The number of aromatic amines is 1. The molecule has 0 aliphatic carbocycles. The summed E-state index contributed by atoms with van der Waals surface area (Å²) >= 11 is 0. The second-order valence-electron chi connectivity index (χ2n) is 4.78. The standard InChI is InChI=1S/C14H17N3O2/c1-9(15)6-14-16-8-11(17-14)10-2-3-12-13(7-10)19-5-4-18-12/h2-3,7-9H,4-6,15H2,1H3,(H,16,17). The van der Waals surface area contributed by atoms with Crippen LogP contribution < -0.4 is 15.2 Å². The van der Waals surface area contributed by atoms with Gasteiger partial charge >= 0.3 is 0 Å². The van der Waals surface area contributed by atoms with Crippen molar-refractivity contribution in [2.45, 2.75) is 19.4 Å². The molecule has 0 saturated heterocycles. The Morgan fingerprint density at radius 2 is 2.11 bits per heavy atom. The average molecular weight is 259 g/mol. The van der Waals surface area contributed by atoms with Crippen molar-refractivity contribution in [1.29, 1.82) is 0 Å². The second kappa shape index (κ2) is 4.93. The summed E-state index contributed by atoms with van der Waals surface area (Å²) in [6.07, 6.45) is 2.56. The molecule has 1 atom stereocenters. The van der Waals surface area contributed by atoms with E-state index in [1.54, 1.807) is 0 Å². The van der Waals surface area contributed by atoms with Gasteiger partial charge in [0.1, 0.15) is 19.0 Å². The van der Waals surface area contributed by atoms with Crippen molar-refractivity contribution in [2.24, 2.45) is 5.73 Å². The van der Waals surface area contributed by atoms with E-state index in [-0.39, 0.29) is 6.04 Å². The lowest BCUT2D eigenvalue weighted by Gasteiger charge is -2.18. The van der Waals surface area contributed by atoms with Crippen LogP contribution in [-0.2, 0) is 6.42 Å². The zero-order valence-corrected chi connectivity index (χ0v) is 10.8. The molecule has 5 heteroatoms. The fourth-order valence-corrected chi connectivity index (χ4v) is 2.13. The van der Waals surface area contributed by atoms with E-state index in [4.69, 9.17) is 15.2 Å². The van der Waals surface area contributed by atoms with Crippen molar-refractivity contribution in [2.75, 3.05) is 13.2 Å². The highest BCUT2D eigenvalue weighted by Crippen LogP contribution is 2.33. The summed E-state index contributed by atoms with van der Waals surface area (Å²) in [5.74, 6) is 2.48. The van der Waals surface area contributed by atoms with Gasteiger partial charge in [0.2, 0.25) is 0 Å². The van der Waals surface area contributed by atoms with Crippen molar-refractivity contribution in [1.82, 2.24) is 9.97 Å². The third kappa shape index (κ3) is 2.56. The number of ether oxygens (including phenoxy) is 2. The van der Waals surface area contributed by atoms with Gasteiger partial charge in [-0.1, -0.05) is 0 Å². The quantitative estimate of drug-likeness (QED) is 0.880. The predicted octanol–water partition coefficient (Wildman–Crippen LogP) is 1.74. The van der Waals surface area contributed by atoms with E-state index >= 15 is 0 Å². The molecule has 2 heterocycles. The molecule has 19 heavy (non-hydrogen) atoms. The Morgan fingerprint density at radius 3 is 2.89 bits per heavy atom. The summed E-state index contributed by atoms with van der Waals surface area (Å²) in [6.45, 7) is 3.16. The van der Waals surface area contributed by atoms with Crippen LogP contribution in [0.15, 0.2) is 24.4 Å². The molecule has 1 aromatic heterocycles. The highest BCUT2D eigenvalue weighted by atomic mass is 16.6. The largest absolute Gasteiger partial charge is 0.486 e. The van der Waals surface area contributed by atoms with Gasteiger partial charge in [-0.05, 0) is 25.1 Å². The first-order valence-corrected chi connectivity index (χ1v) is 6.42. The minimum atomic E-state index is 0.0965. The summed E-state index contributed by atoms with van der Waals surface area (Å²) in [5.41, 5.74) is 7.77. The first-order valence-electron chi connectivity index (χ1n) is 6.42. The molecule has 100 valence electrons. The minimum absolute atomic E-state index is 0.0965. The maximum Gasteiger partial charge on any atom is 0.162 e. The molecule has 5 nitrogen and oxygen atoms in total. The summed E-state index contributed by atoms with van der Waals surface area (Å²) in [4.78, 5) is 7.62. The lowest BCUT2D eigenvalue weighted by atomic mass is 10.1. The van der Waals surface area contributed by atoms with Gasteiger partial charge in [0.05, 0.1) is 11.9 Å². The second-order valence-corrected chi connectivity index (χ2v) is 4.78. The normalized spacial score (nSPS) is 15.3. The molecule has 3 N–H and O–H groups in total. The van der Waals surface area contributed by atoms with Crippen LogP contribution in [0, 0.1) is 0 Å². The number of nitrogens with one attached hydrogen (secondary N) is 1. The Balaban J connectivity index is 1.87. The number of nitrogens with zero attached hydrogens (tertiary/aromatic N) is 1. The Morgan fingerprint density at radius 1 is 1.32 bits per heavy atom. The first-order chi connectivity index (χ1) is 9.22. The molecule has 2 aromatic rings. The van der Waals surface area contributed by atoms with Crippen LogP contribution in [0.1, 0.15) is 12.7 Å². The maximum absolute atomic E-state index is 5.77. The molecular formula is C14H17N3O2. The topological polar surface area (TPSA) is 73.2 Å². The van der Waals surface area contributed by atoms with Crippen molar-refractivity contribution in [3.8, 4) is 22.8 Å². The summed E-state index contributed by atoms with van der Waals surface area (Å²) in [5, 5.41) is 0. The number of H-pyrrole nitrogens is 1. The lowest BCUT2D eigenvalue weighted by Crippen LogP contribution is -2.18. The number of aromatic nitrogens is 2. The molecule has 1 aromatic carbocycles. The Bertz CT molecular complexity index is 578. The van der Waals surface area contributed by atoms with Crippen LogP contribution in [0.3, 0.4) is 0 Å². The highest BCUT2D eigenvalue weighted by molar-refractivity contribution is 5.63. The molecular weight excluding hydrogens is 242 g/mol. The van der Waals surface area contributed by atoms with Gasteiger partial charge in [0.15, 0.2) is 11.5 Å². The van der Waals surface area contributed by atoms with Crippen LogP contribution >= 0.6 is 0 Å². The number of nitrogens with two attached hydrogens (primary N) is 1. The van der Waals surface area contributed by atoms with Crippen LogP contribution in [0.4, 0.5) is 0 Å². The molecule has 1 aliphatic rings. The van der Waals surface area contributed by atoms with Crippen LogP contribution in [0.25, 0.3) is 11.3 Å². The van der Waals surface area contributed by atoms with Crippen molar-refractivity contribution in [3.05, 3.63) is 30.2 Å². The Hall–Kier alpha value is -2.01. The van der Waals surface area contributed by atoms with Gasteiger partial charge in [0, 0.05) is 18.0 Å². The maximum atomic E-state index is 5.77. The van der Waals surface area contributed by atoms with E-state index in [9.17, 15) is 0 Å². The SMILES string of the molecule is CC(N)Cc1ncc(-c2ccc3c(c2)OCCO3)[nH]1. The molecule has 0 amide bonds. The summed E-state index contributed by atoms with van der Waals surface area (Å²) in [7, 11) is 0. The number of benzene rings is 1. The Kier molecular flexibility index (Phi) is 3.13. The number of fused-ring (bicyclic) bond motifs is 1. The van der Waals surface area contributed by atoms with Gasteiger partial charge in [-0.25, -0.2) is 4.98 Å². The summed E-state index contributed by atoms with van der Waals surface area (Å²) in [6, 6.07) is 5.99. The van der Waals surface area contributed by atoms with E-state index in [0.29, 0.717) is 13.2 Å². The van der Waals surface area contributed by atoms with Crippen molar-refractivity contribution >= 4 is 0 Å². The van der Waals surface area contributed by atoms with Gasteiger partial charge in [-0.15, -0.1) is 0 Å². The van der Waals surface area contributed by atoms with E-state index < -0.39 is 0 Å². The molecule has 0 saturated carbocycles. The monoisotopic (exact) mass is 259 g/mol. The third-order valence-electron chi connectivity index (χ3n) is 3.00. The molecule has 3 rings (SSSR count). The lowest BCUT2D eigenvalue weighted by molar-refractivity contribution is 0.171. The van der Waals surface area contributed by atoms with E-state index in [1.807, 2.05) is 31.3 Å². The van der Waals surface area contributed by atoms with Crippen molar-refractivity contribution in [3.63, 3.8) is 0 Å². The first kappa shape index (κ1) is 12.0. The average Bonchev–Trinajstić information content (AvgIpc) is 2.86. The van der Waals surface area contributed by atoms with E-state index in [2.05, 4.69) is 9.97 Å². The number of imidazole rings is 1. The van der Waals surface area contributed by atoms with Crippen molar-refractivity contribution < 1.29 is 9.47 Å². The third-order valence-corrected chi connectivity index (χ3v) is 3.00. The molecule has 1 aliphatic heterocycles. The Labute approximate surface area is 111 Å². The molecule has 0 bridgehead atoms. The molecule has 1 unspecified atom stereocenters. The molecule has 0 radical (unpaired) electrons. The van der Waals surface area contributed by atoms with Gasteiger partial charge < -0.3 is 20.2 Å². The van der Waals surface area contributed by atoms with Crippen LogP contribution in [0.5, 0.6) is 11.5 Å². The minimum Gasteiger partial charge on any atom is -0.486 e. The summed E-state index contributed by atoms with van der Waals surface area (Å²) < 4.78 is 11.1. The van der Waals surface area contributed by atoms with Gasteiger partial charge in [-0.2, -0.15) is 0 Å². The number of rotatable bonds is 3. The molecule has 0 fully saturated rings. The highest BCUT2D eigenvalue weighted by Gasteiger charge is 2.13. The van der Waals surface area contributed by atoms with Crippen LogP contribution in [0.2, 0.25) is 0 Å². The molecule has 0 spiro atoms. The van der Waals surface area contributed by atoms with Gasteiger partial charge in [0.25, 0.3) is 0 Å². The van der Waals surface area contributed by atoms with E-state index in [1.165, 1.54) is 0 Å². The van der Waals surface area contributed by atoms with Gasteiger partial charge in [-0.3, -0.25) is 0 Å². The van der Waals surface area contributed by atoms with Crippen LogP contribution in [-0.4, -0.2) is 29.2 Å². The predicted molar refractivity (Wildman–Crippen MR) is 72.4 cm³/mol. The fraction of sp³-hybridized carbons (Fsp3) is 0.357. The number of hydrogen-bond donors (Lipinski definition) is 2. The zero-order chi connectivity index (χ0) is 13.2. The number of hydrogen-bond acceptors (Lipinski definition) is 4. The van der Waals surface area contributed by atoms with E-state index in [0.717, 1.165) is 35.0 Å². The zero-order valence-electron chi connectivity index (χ0n) is 10.8.